The number of likely N-dealkylation sites (tertiary alicyclic amines) is 1. The molecule has 27 heavy (non-hydrogen) atoms. The summed E-state index contributed by atoms with van der Waals surface area (Å²) < 4.78 is 0. The third-order valence-electron chi connectivity index (χ3n) is 4.81. The van der Waals surface area contributed by atoms with Crippen molar-refractivity contribution in [1.29, 1.82) is 0 Å². The SMILES string of the molecule is CC1(C)CN(Cc2csc(CNC(=O)c3ccccc3)n2)CCC1N.Cl.Cl. The van der Waals surface area contributed by atoms with Crippen LogP contribution in [0.4, 0.5) is 0 Å². The molecule has 150 valence electrons. The number of nitrogens with one attached hydrogen (secondary N) is 1. The molecule has 8 heteroatoms. The molecule has 3 rings (SSSR count). The molecule has 0 saturated carbocycles. The zero-order valence-electron chi connectivity index (χ0n) is 15.7. The number of hydrogen-bond donors (Lipinski definition) is 2. The Balaban J connectivity index is 0.00000182. The molecule has 1 aliphatic rings. The van der Waals surface area contributed by atoms with Crippen LogP contribution in [0.1, 0.15) is 41.3 Å². The van der Waals surface area contributed by atoms with Crippen molar-refractivity contribution in [2.75, 3.05) is 13.1 Å². The lowest BCUT2D eigenvalue weighted by Crippen LogP contribution is -2.52. The predicted octanol–water partition coefficient (Wildman–Crippen LogP) is 3.48. The molecular formula is C19H28Cl2N4OS. The van der Waals surface area contributed by atoms with Crippen LogP contribution in [0.5, 0.6) is 0 Å². The van der Waals surface area contributed by atoms with Gasteiger partial charge in [-0.05, 0) is 24.0 Å². The van der Waals surface area contributed by atoms with Gasteiger partial charge in [0.2, 0.25) is 0 Å². The summed E-state index contributed by atoms with van der Waals surface area (Å²) in [6, 6.07) is 9.52. The number of aromatic nitrogens is 1. The second-order valence-corrected chi connectivity index (χ2v) is 8.32. The zero-order chi connectivity index (χ0) is 17.9. The molecule has 1 fully saturated rings. The van der Waals surface area contributed by atoms with E-state index in [-0.39, 0.29) is 42.2 Å². The van der Waals surface area contributed by atoms with E-state index in [0.29, 0.717) is 12.1 Å². The van der Waals surface area contributed by atoms with Gasteiger partial charge < -0.3 is 11.1 Å². The number of amides is 1. The third-order valence-corrected chi connectivity index (χ3v) is 5.71. The van der Waals surface area contributed by atoms with E-state index < -0.39 is 0 Å². The molecule has 1 atom stereocenters. The second-order valence-electron chi connectivity index (χ2n) is 7.38. The smallest absolute Gasteiger partial charge is 0.251 e. The van der Waals surface area contributed by atoms with E-state index in [2.05, 4.69) is 34.4 Å². The van der Waals surface area contributed by atoms with Crippen molar-refractivity contribution in [2.45, 2.75) is 39.4 Å². The number of piperidine rings is 1. The molecule has 1 aliphatic heterocycles. The molecule has 0 spiro atoms. The van der Waals surface area contributed by atoms with E-state index in [4.69, 9.17) is 5.73 Å². The van der Waals surface area contributed by atoms with Gasteiger partial charge in [-0.2, -0.15) is 0 Å². The van der Waals surface area contributed by atoms with Crippen LogP contribution in [0.15, 0.2) is 35.7 Å². The summed E-state index contributed by atoms with van der Waals surface area (Å²) in [4.78, 5) is 19.2. The summed E-state index contributed by atoms with van der Waals surface area (Å²) in [6.45, 7) is 7.78. The maximum atomic E-state index is 12.1. The zero-order valence-corrected chi connectivity index (χ0v) is 18.1. The van der Waals surface area contributed by atoms with Crippen molar-refractivity contribution in [3.05, 3.63) is 52.0 Å². The largest absolute Gasteiger partial charge is 0.346 e. The van der Waals surface area contributed by atoms with Crippen LogP contribution >= 0.6 is 36.2 Å². The van der Waals surface area contributed by atoms with Crippen LogP contribution in [0.3, 0.4) is 0 Å². The Morgan fingerprint density at radius 2 is 2.04 bits per heavy atom. The maximum absolute atomic E-state index is 12.1. The Morgan fingerprint density at radius 1 is 1.33 bits per heavy atom. The van der Waals surface area contributed by atoms with Gasteiger partial charge in [0.25, 0.3) is 5.91 Å². The van der Waals surface area contributed by atoms with Gasteiger partial charge in [0.15, 0.2) is 0 Å². The summed E-state index contributed by atoms with van der Waals surface area (Å²) in [7, 11) is 0. The van der Waals surface area contributed by atoms with E-state index in [1.165, 1.54) is 0 Å². The molecular weight excluding hydrogens is 403 g/mol. The number of benzene rings is 1. The number of carbonyl (C=O) groups is 1. The normalized spacial score (nSPS) is 18.9. The summed E-state index contributed by atoms with van der Waals surface area (Å²) in [5.74, 6) is -0.0656. The number of carbonyl (C=O) groups excluding carboxylic acids is 1. The first kappa shape index (κ1) is 23.9. The van der Waals surface area contributed by atoms with Gasteiger partial charge >= 0.3 is 0 Å². The van der Waals surface area contributed by atoms with Gasteiger partial charge in [0.05, 0.1) is 12.2 Å². The van der Waals surface area contributed by atoms with Crippen LogP contribution in [0.2, 0.25) is 0 Å². The van der Waals surface area contributed by atoms with Crippen LogP contribution in [-0.4, -0.2) is 34.9 Å². The first-order valence-corrected chi connectivity index (χ1v) is 9.56. The highest BCUT2D eigenvalue weighted by atomic mass is 35.5. The molecule has 0 bridgehead atoms. The predicted molar refractivity (Wildman–Crippen MR) is 116 cm³/mol. The van der Waals surface area contributed by atoms with Gasteiger partial charge in [-0.25, -0.2) is 4.98 Å². The fraction of sp³-hybridized carbons (Fsp3) is 0.474. The first-order valence-electron chi connectivity index (χ1n) is 8.68. The number of nitrogens with zero attached hydrogens (tertiary/aromatic N) is 2. The van der Waals surface area contributed by atoms with Gasteiger partial charge in [-0.1, -0.05) is 32.0 Å². The Morgan fingerprint density at radius 3 is 2.70 bits per heavy atom. The summed E-state index contributed by atoms with van der Waals surface area (Å²) in [5.41, 5.74) is 8.09. The third kappa shape index (κ3) is 6.43. The lowest BCUT2D eigenvalue weighted by atomic mass is 9.80. The van der Waals surface area contributed by atoms with Gasteiger partial charge in [0, 0.05) is 36.6 Å². The highest BCUT2D eigenvalue weighted by Crippen LogP contribution is 2.28. The van der Waals surface area contributed by atoms with Gasteiger partial charge in [-0.15, -0.1) is 36.2 Å². The van der Waals surface area contributed by atoms with Crippen LogP contribution in [0, 0.1) is 5.41 Å². The molecule has 5 nitrogen and oxygen atoms in total. The van der Waals surface area contributed by atoms with Gasteiger partial charge in [0.1, 0.15) is 5.01 Å². The first-order chi connectivity index (χ1) is 11.9. The van der Waals surface area contributed by atoms with Crippen LogP contribution < -0.4 is 11.1 Å². The van der Waals surface area contributed by atoms with E-state index in [1.54, 1.807) is 11.3 Å². The van der Waals surface area contributed by atoms with Crippen molar-refractivity contribution >= 4 is 42.1 Å². The van der Waals surface area contributed by atoms with Crippen LogP contribution in [-0.2, 0) is 13.1 Å². The fourth-order valence-electron chi connectivity index (χ4n) is 3.20. The summed E-state index contributed by atoms with van der Waals surface area (Å²) >= 11 is 1.60. The minimum Gasteiger partial charge on any atom is -0.346 e. The minimum absolute atomic E-state index is 0. The number of rotatable bonds is 5. The summed E-state index contributed by atoms with van der Waals surface area (Å²) in [6.07, 6.45) is 1.02. The molecule has 1 aromatic heterocycles. The molecule has 3 N–H and O–H groups in total. The molecule has 1 aromatic carbocycles. The number of halogens is 2. The lowest BCUT2D eigenvalue weighted by molar-refractivity contribution is 0.0889. The van der Waals surface area contributed by atoms with E-state index in [9.17, 15) is 4.79 Å². The molecule has 2 heterocycles. The topological polar surface area (TPSA) is 71.2 Å². The number of nitrogens with two attached hydrogens (primary N) is 1. The summed E-state index contributed by atoms with van der Waals surface area (Å²) in [5, 5.41) is 5.96. The Labute approximate surface area is 177 Å². The van der Waals surface area contributed by atoms with E-state index >= 15 is 0 Å². The molecule has 1 amide bonds. The Hall–Kier alpha value is -1.18. The average molecular weight is 431 g/mol. The highest BCUT2D eigenvalue weighted by Gasteiger charge is 2.33. The monoisotopic (exact) mass is 430 g/mol. The number of hydrogen-bond acceptors (Lipinski definition) is 5. The van der Waals surface area contributed by atoms with Crippen molar-refractivity contribution < 1.29 is 4.79 Å². The lowest BCUT2D eigenvalue weighted by Gasteiger charge is -2.42. The quantitative estimate of drug-likeness (QED) is 0.761. The average Bonchev–Trinajstić information content (AvgIpc) is 3.04. The number of thiazole rings is 1. The van der Waals surface area contributed by atoms with Gasteiger partial charge in [-0.3, -0.25) is 9.69 Å². The Kier molecular flexibility index (Phi) is 9.18. The molecule has 0 radical (unpaired) electrons. The minimum atomic E-state index is -0.0656. The van der Waals surface area contributed by atoms with E-state index in [0.717, 1.165) is 36.8 Å². The molecule has 0 aliphatic carbocycles. The molecule has 2 aromatic rings. The highest BCUT2D eigenvalue weighted by molar-refractivity contribution is 7.09. The molecule has 1 saturated heterocycles. The van der Waals surface area contributed by atoms with Crippen molar-refractivity contribution in [1.82, 2.24) is 15.2 Å². The standard InChI is InChI=1S/C19H26N4OS.2ClH/c1-19(2)13-23(9-8-16(19)20)11-15-12-25-17(22-15)10-21-18(24)14-6-4-3-5-7-14;;/h3-7,12,16H,8-11,13,20H2,1-2H3,(H,21,24);2*1H. The van der Waals surface area contributed by atoms with Crippen molar-refractivity contribution in [2.24, 2.45) is 11.1 Å². The maximum Gasteiger partial charge on any atom is 0.251 e. The van der Waals surface area contributed by atoms with E-state index in [1.807, 2.05) is 30.3 Å². The van der Waals surface area contributed by atoms with Crippen LogP contribution in [0.25, 0.3) is 0 Å². The van der Waals surface area contributed by atoms with Crippen molar-refractivity contribution in [3.8, 4) is 0 Å². The van der Waals surface area contributed by atoms with Crippen molar-refractivity contribution in [3.63, 3.8) is 0 Å². The fourth-order valence-corrected chi connectivity index (χ4v) is 3.92. The second kappa shape index (κ2) is 10.4. The Bertz CT molecular complexity index is 724. The molecule has 1 unspecified atom stereocenters.